The molecular formula is C15H21NO2S. The minimum absolute atomic E-state index is 0.475. The third-order valence-electron chi connectivity index (χ3n) is 3.52. The average molecular weight is 279 g/mol. The molecule has 1 aromatic rings. The van der Waals surface area contributed by atoms with E-state index in [0.717, 1.165) is 35.8 Å². The molecule has 104 valence electrons. The van der Waals surface area contributed by atoms with Crippen LogP contribution in [0.25, 0.3) is 0 Å². The predicted octanol–water partition coefficient (Wildman–Crippen LogP) is 3.73. The summed E-state index contributed by atoms with van der Waals surface area (Å²) in [5.41, 5.74) is 1.36. The molecule has 0 saturated carbocycles. The normalized spacial score (nSPS) is 19.5. The van der Waals surface area contributed by atoms with E-state index in [0.29, 0.717) is 11.5 Å². The Morgan fingerprint density at radius 2 is 2.32 bits per heavy atom. The minimum Gasteiger partial charge on any atom is -0.478 e. The molecule has 1 heterocycles. The van der Waals surface area contributed by atoms with Gasteiger partial charge >= 0.3 is 5.97 Å². The summed E-state index contributed by atoms with van der Waals surface area (Å²) < 4.78 is 0. The smallest absolute Gasteiger partial charge is 0.338 e. The number of thioether (sulfide) groups is 1. The number of nitrogens with zero attached hydrogens (tertiary/aromatic N) is 1. The molecule has 1 unspecified atom stereocenters. The molecule has 2 rings (SSSR count). The van der Waals surface area contributed by atoms with Crippen LogP contribution in [0.2, 0.25) is 0 Å². The SMILES string of the molecule is CCSc1cccc(N2CCCC(C)C2)c1C(=O)O. The molecule has 3 nitrogen and oxygen atoms in total. The first-order valence-corrected chi connectivity index (χ1v) is 7.86. The molecule has 1 fully saturated rings. The predicted molar refractivity (Wildman–Crippen MR) is 80.4 cm³/mol. The highest BCUT2D eigenvalue weighted by atomic mass is 32.2. The Hall–Kier alpha value is -1.16. The van der Waals surface area contributed by atoms with E-state index in [1.807, 2.05) is 25.1 Å². The monoisotopic (exact) mass is 279 g/mol. The summed E-state index contributed by atoms with van der Waals surface area (Å²) in [5.74, 6) is 0.711. The number of benzene rings is 1. The Balaban J connectivity index is 2.38. The highest BCUT2D eigenvalue weighted by Gasteiger charge is 2.23. The maximum atomic E-state index is 11.6. The van der Waals surface area contributed by atoms with Gasteiger partial charge in [-0.15, -0.1) is 11.8 Å². The third-order valence-corrected chi connectivity index (χ3v) is 4.46. The van der Waals surface area contributed by atoms with Crippen LogP contribution in [0.5, 0.6) is 0 Å². The van der Waals surface area contributed by atoms with Gasteiger partial charge in [-0.3, -0.25) is 0 Å². The van der Waals surface area contributed by atoms with Crippen molar-refractivity contribution in [3.63, 3.8) is 0 Å². The van der Waals surface area contributed by atoms with E-state index >= 15 is 0 Å². The van der Waals surface area contributed by atoms with Gasteiger partial charge in [0.15, 0.2) is 0 Å². The second kappa shape index (κ2) is 6.33. The highest BCUT2D eigenvalue weighted by Crippen LogP contribution is 2.33. The van der Waals surface area contributed by atoms with Crippen molar-refractivity contribution in [1.29, 1.82) is 0 Å². The van der Waals surface area contributed by atoms with Crippen LogP contribution in [-0.4, -0.2) is 29.9 Å². The van der Waals surface area contributed by atoms with E-state index in [-0.39, 0.29) is 0 Å². The summed E-state index contributed by atoms with van der Waals surface area (Å²) >= 11 is 1.60. The van der Waals surface area contributed by atoms with Gasteiger partial charge in [0.25, 0.3) is 0 Å². The quantitative estimate of drug-likeness (QED) is 0.853. The largest absolute Gasteiger partial charge is 0.478 e. The molecule has 0 radical (unpaired) electrons. The molecule has 1 aliphatic rings. The molecule has 1 N–H and O–H groups in total. The number of carbonyl (C=O) groups is 1. The molecule has 1 saturated heterocycles. The van der Waals surface area contributed by atoms with Gasteiger partial charge in [0.1, 0.15) is 0 Å². The zero-order chi connectivity index (χ0) is 13.8. The molecule has 0 aliphatic carbocycles. The molecule has 0 spiro atoms. The lowest BCUT2D eigenvalue weighted by Crippen LogP contribution is -2.35. The van der Waals surface area contributed by atoms with Crippen LogP contribution < -0.4 is 4.90 Å². The van der Waals surface area contributed by atoms with Gasteiger partial charge in [-0.05, 0) is 36.6 Å². The second-order valence-electron chi connectivity index (χ2n) is 5.08. The first-order valence-electron chi connectivity index (χ1n) is 6.87. The standard InChI is InChI=1S/C15H21NO2S/c1-3-19-13-8-4-7-12(14(13)15(17)18)16-9-5-6-11(2)10-16/h4,7-8,11H,3,5-6,9-10H2,1-2H3,(H,17,18). The summed E-state index contributed by atoms with van der Waals surface area (Å²) in [4.78, 5) is 14.7. The van der Waals surface area contributed by atoms with Gasteiger partial charge in [0.05, 0.1) is 11.3 Å². The van der Waals surface area contributed by atoms with Gasteiger partial charge in [0, 0.05) is 18.0 Å². The van der Waals surface area contributed by atoms with Crippen LogP contribution >= 0.6 is 11.8 Å². The van der Waals surface area contributed by atoms with Gasteiger partial charge in [-0.25, -0.2) is 4.79 Å². The molecule has 1 aliphatic heterocycles. The van der Waals surface area contributed by atoms with Crippen molar-refractivity contribution in [2.24, 2.45) is 5.92 Å². The zero-order valence-corrected chi connectivity index (χ0v) is 12.4. The third kappa shape index (κ3) is 3.24. The molecule has 4 heteroatoms. The van der Waals surface area contributed by atoms with Crippen LogP contribution in [0.15, 0.2) is 23.1 Å². The lowest BCUT2D eigenvalue weighted by Gasteiger charge is -2.34. The van der Waals surface area contributed by atoms with Gasteiger partial charge in [0.2, 0.25) is 0 Å². The fourth-order valence-corrected chi connectivity index (χ4v) is 3.50. The summed E-state index contributed by atoms with van der Waals surface area (Å²) in [6.45, 7) is 6.20. The van der Waals surface area contributed by atoms with E-state index < -0.39 is 5.97 Å². The van der Waals surface area contributed by atoms with E-state index in [2.05, 4.69) is 11.8 Å². The number of aromatic carboxylic acids is 1. The maximum Gasteiger partial charge on any atom is 0.338 e. The number of carboxylic acid groups (broad SMARTS) is 1. The number of rotatable bonds is 4. The van der Waals surface area contributed by atoms with E-state index in [4.69, 9.17) is 0 Å². The van der Waals surface area contributed by atoms with Gasteiger partial charge < -0.3 is 10.0 Å². The van der Waals surface area contributed by atoms with Crippen LogP contribution in [-0.2, 0) is 0 Å². The van der Waals surface area contributed by atoms with Gasteiger partial charge in [-0.2, -0.15) is 0 Å². The van der Waals surface area contributed by atoms with Crippen molar-refractivity contribution in [3.05, 3.63) is 23.8 Å². The lowest BCUT2D eigenvalue weighted by atomic mass is 9.99. The number of hydrogen-bond donors (Lipinski definition) is 1. The van der Waals surface area contributed by atoms with Gasteiger partial charge in [-0.1, -0.05) is 19.9 Å². The first kappa shape index (κ1) is 14.3. The van der Waals surface area contributed by atoms with E-state index in [1.165, 1.54) is 6.42 Å². The fourth-order valence-electron chi connectivity index (χ4n) is 2.68. The lowest BCUT2D eigenvalue weighted by molar-refractivity contribution is 0.0693. The van der Waals surface area contributed by atoms with Crippen molar-refractivity contribution in [1.82, 2.24) is 0 Å². The molecule has 0 amide bonds. The first-order chi connectivity index (χ1) is 9.13. The molecular weight excluding hydrogens is 258 g/mol. The molecule has 0 bridgehead atoms. The summed E-state index contributed by atoms with van der Waals surface area (Å²) in [6.07, 6.45) is 2.38. The average Bonchev–Trinajstić information content (AvgIpc) is 2.38. The van der Waals surface area contributed by atoms with Crippen molar-refractivity contribution >= 4 is 23.4 Å². The second-order valence-corrected chi connectivity index (χ2v) is 6.39. The Labute approximate surface area is 119 Å². The van der Waals surface area contributed by atoms with Crippen molar-refractivity contribution < 1.29 is 9.90 Å². The van der Waals surface area contributed by atoms with Crippen molar-refractivity contribution in [2.45, 2.75) is 31.6 Å². The summed E-state index contributed by atoms with van der Waals surface area (Å²) in [7, 11) is 0. The van der Waals surface area contributed by atoms with Crippen LogP contribution in [0.4, 0.5) is 5.69 Å². The molecule has 1 aromatic carbocycles. The van der Waals surface area contributed by atoms with Crippen LogP contribution in [0.1, 0.15) is 37.0 Å². The number of piperidine rings is 1. The molecule has 19 heavy (non-hydrogen) atoms. The summed E-state index contributed by atoms with van der Waals surface area (Å²) in [5, 5.41) is 9.53. The maximum absolute atomic E-state index is 11.6. The number of anilines is 1. The van der Waals surface area contributed by atoms with Crippen LogP contribution in [0, 0.1) is 5.92 Å². The summed E-state index contributed by atoms with van der Waals surface area (Å²) in [6, 6.07) is 5.83. The zero-order valence-electron chi connectivity index (χ0n) is 11.6. The van der Waals surface area contributed by atoms with E-state index in [1.54, 1.807) is 11.8 Å². The fraction of sp³-hybridized carbons (Fsp3) is 0.533. The topological polar surface area (TPSA) is 40.5 Å². The Morgan fingerprint density at radius 3 is 2.95 bits per heavy atom. The highest BCUT2D eigenvalue weighted by molar-refractivity contribution is 7.99. The van der Waals surface area contributed by atoms with Crippen molar-refractivity contribution in [2.75, 3.05) is 23.7 Å². The minimum atomic E-state index is -0.815. The Bertz CT molecular complexity index is 461. The van der Waals surface area contributed by atoms with Crippen LogP contribution in [0.3, 0.4) is 0 Å². The van der Waals surface area contributed by atoms with Crippen molar-refractivity contribution in [3.8, 4) is 0 Å². The van der Waals surface area contributed by atoms with E-state index in [9.17, 15) is 9.90 Å². The number of hydrogen-bond acceptors (Lipinski definition) is 3. The number of carboxylic acids is 1. The Morgan fingerprint density at radius 1 is 1.53 bits per heavy atom. The Kier molecular flexibility index (Phi) is 4.75. The molecule has 1 atom stereocenters. The molecule has 0 aromatic heterocycles.